The number of methoxy groups -OCH3 is 1. The fourth-order valence-corrected chi connectivity index (χ4v) is 3.40. The summed E-state index contributed by atoms with van der Waals surface area (Å²) in [5, 5.41) is 18.9. The average Bonchev–Trinajstić information content (AvgIpc) is 2.75. The molecule has 1 saturated heterocycles. The summed E-state index contributed by atoms with van der Waals surface area (Å²) in [7, 11) is 1.60. The van der Waals surface area contributed by atoms with E-state index in [0.29, 0.717) is 6.61 Å². The number of para-hydroxylation sites is 1. The summed E-state index contributed by atoms with van der Waals surface area (Å²) in [6, 6.07) is 7.52. The first kappa shape index (κ1) is 17.5. The highest BCUT2D eigenvalue weighted by Crippen LogP contribution is 2.33. The molecule has 0 aromatic heterocycles. The van der Waals surface area contributed by atoms with Crippen molar-refractivity contribution in [2.24, 2.45) is 5.92 Å². The number of carbonyl (C=O) groups is 1. The highest BCUT2D eigenvalue weighted by molar-refractivity contribution is 14.1. The van der Waals surface area contributed by atoms with Gasteiger partial charge in [0.25, 0.3) is 0 Å². The summed E-state index contributed by atoms with van der Waals surface area (Å²) in [6.07, 6.45) is -1.36. The van der Waals surface area contributed by atoms with Gasteiger partial charge < -0.3 is 24.4 Å². The third-order valence-electron chi connectivity index (χ3n) is 3.63. The minimum absolute atomic E-state index is 0.136. The van der Waals surface area contributed by atoms with Crippen molar-refractivity contribution in [3.05, 3.63) is 29.8 Å². The lowest BCUT2D eigenvalue weighted by atomic mass is 9.96. The largest absolute Gasteiger partial charge is 0.496 e. The van der Waals surface area contributed by atoms with Crippen molar-refractivity contribution in [1.29, 1.82) is 0 Å². The van der Waals surface area contributed by atoms with Crippen molar-refractivity contribution >= 4 is 28.6 Å². The second-order valence-electron chi connectivity index (χ2n) is 5.10. The zero-order chi connectivity index (χ0) is 16.1. The normalized spacial score (nSPS) is 27.8. The van der Waals surface area contributed by atoms with Crippen LogP contribution in [0.5, 0.6) is 5.75 Å². The number of benzene rings is 1. The Morgan fingerprint density at radius 2 is 2.14 bits per heavy atom. The van der Waals surface area contributed by atoms with Crippen LogP contribution in [0, 0.1) is 5.92 Å². The topological polar surface area (TPSA) is 85.2 Å². The van der Waals surface area contributed by atoms with Gasteiger partial charge in [-0.15, -0.1) is 0 Å². The molecule has 6 nitrogen and oxygen atoms in total. The molecule has 0 bridgehead atoms. The van der Waals surface area contributed by atoms with E-state index >= 15 is 0 Å². The maximum atomic E-state index is 10.9. The molecule has 1 aromatic carbocycles. The number of alkyl halides is 1. The zero-order valence-electron chi connectivity index (χ0n) is 12.1. The number of ether oxygens (including phenoxy) is 3. The summed E-state index contributed by atoms with van der Waals surface area (Å²) in [6.45, 7) is 0.568. The van der Waals surface area contributed by atoms with Crippen molar-refractivity contribution < 1.29 is 29.2 Å². The predicted octanol–water partition coefficient (Wildman–Crippen LogP) is 1.82. The predicted molar refractivity (Wildman–Crippen MR) is 87.1 cm³/mol. The van der Waals surface area contributed by atoms with E-state index < -0.39 is 28.2 Å². The van der Waals surface area contributed by atoms with Crippen LogP contribution in [-0.2, 0) is 20.9 Å². The molecule has 4 atom stereocenters. The third kappa shape index (κ3) is 4.31. The van der Waals surface area contributed by atoms with Gasteiger partial charge in [0, 0.05) is 11.5 Å². The summed E-state index contributed by atoms with van der Waals surface area (Å²) < 4.78 is 16.1. The van der Waals surface area contributed by atoms with Gasteiger partial charge in [0.1, 0.15) is 9.86 Å². The van der Waals surface area contributed by atoms with Crippen LogP contribution in [0.4, 0.5) is 0 Å². The van der Waals surface area contributed by atoms with E-state index in [9.17, 15) is 9.90 Å². The zero-order valence-corrected chi connectivity index (χ0v) is 14.3. The van der Waals surface area contributed by atoms with Gasteiger partial charge in [0.2, 0.25) is 0 Å². The molecule has 1 fully saturated rings. The Morgan fingerprint density at radius 3 is 2.82 bits per heavy atom. The molecule has 0 spiro atoms. The van der Waals surface area contributed by atoms with Gasteiger partial charge in [-0.1, -0.05) is 18.2 Å². The van der Waals surface area contributed by atoms with Crippen molar-refractivity contribution in [2.75, 3.05) is 13.7 Å². The van der Waals surface area contributed by atoms with Gasteiger partial charge in [-0.3, -0.25) is 4.79 Å². The highest BCUT2D eigenvalue weighted by atomic mass is 127. The van der Waals surface area contributed by atoms with Crippen LogP contribution >= 0.6 is 22.6 Å². The van der Waals surface area contributed by atoms with E-state index in [4.69, 9.17) is 19.3 Å². The Bertz CT molecular complexity index is 509. The molecule has 2 rings (SSSR count). The second kappa shape index (κ2) is 8.09. The number of carboxylic acid groups (broad SMARTS) is 1. The van der Waals surface area contributed by atoms with Crippen molar-refractivity contribution in [3.8, 4) is 5.75 Å². The molecule has 1 aromatic rings. The molecule has 0 unspecified atom stereocenters. The average molecular weight is 422 g/mol. The Labute approximate surface area is 142 Å². The van der Waals surface area contributed by atoms with Gasteiger partial charge in [-0.25, -0.2) is 0 Å². The highest BCUT2D eigenvalue weighted by Gasteiger charge is 2.43. The molecule has 0 amide bonds. The molecule has 1 aliphatic heterocycles. The third-order valence-corrected chi connectivity index (χ3v) is 4.66. The Kier molecular flexibility index (Phi) is 6.42. The molecule has 1 heterocycles. The first-order chi connectivity index (χ1) is 10.5. The Morgan fingerprint density at radius 1 is 1.41 bits per heavy atom. The van der Waals surface area contributed by atoms with Crippen LogP contribution in [-0.4, -0.2) is 46.2 Å². The number of hydrogen-bond acceptors (Lipinski definition) is 5. The van der Waals surface area contributed by atoms with E-state index in [-0.39, 0.29) is 13.0 Å². The van der Waals surface area contributed by atoms with Crippen molar-refractivity contribution in [2.45, 2.75) is 29.3 Å². The van der Waals surface area contributed by atoms with Crippen molar-refractivity contribution in [1.82, 2.24) is 0 Å². The number of halogens is 1. The second-order valence-corrected chi connectivity index (χ2v) is 6.33. The van der Waals surface area contributed by atoms with E-state index in [1.165, 1.54) is 0 Å². The first-order valence-corrected chi connectivity index (χ1v) is 8.16. The molecule has 1 aliphatic rings. The fraction of sp³-hybridized carbons (Fsp3) is 0.533. The Balaban J connectivity index is 1.91. The molecule has 2 N–H and O–H groups in total. The van der Waals surface area contributed by atoms with Gasteiger partial charge in [0.05, 0.1) is 39.0 Å². The fourth-order valence-electron chi connectivity index (χ4n) is 2.49. The number of aliphatic hydroxyl groups excluding tert-OH is 1. The van der Waals surface area contributed by atoms with Crippen LogP contribution in [0.15, 0.2) is 24.3 Å². The van der Waals surface area contributed by atoms with E-state index in [1.54, 1.807) is 7.11 Å². The Hall–Kier alpha value is -0.900. The van der Waals surface area contributed by atoms with Gasteiger partial charge in [0.15, 0.2) is 0 Å². The SMILES string of the molecule is COc1ccccc1COC[C@@H]1O[C@@H](I)[C@@H](O)[C@H]1CC(=O)O. The molecule has 0 aliphatic carbocycles. The maximum Gasteiger partial charge on any atom is 0.303 e. The van der Waals surface area contributed by atoms with Crippen LogP contribution < -0.4 is 4.74 Å². The quantitative estimate of drug-likeness (QED) is 0.515. The summed E-state index contributed by atoms with van der Waals surface area (Å²) in [5.74, 6) is -0.673. The standard InChI is InChI=1S/C15H19IO6/c1-20-11-5-3-2-4-9(11)7-21-8-12-10(6-13(17)18)14(19)15(16)22-12/h2-5,10,12,14-15,19H,6-8H2,1H3,(H,17,18)/t10-,12-,14-,15+/m0/s1. The molecule has 0 radical (unpaired) electrons. The molecule has 22 heavy (non-hydrogen) atoms. The summed E-state index contributed by atoms with van der Waals surface area (Å²) in [4.78, 5) is 10.9. The molecular weight excluding hydrogens is 403 g/mol. The number of aliphatic hydroxyl groups is 1. The number of carboxylic acids is 1. The van der Waals surface area contributed by atoms with Crippen LogP contribution in [0.1, 0.15) is 12.0 Å². The smallest absolute Gasteiger partial charge is 0.303 e. The monoisotopic (exact) mass is 422 g/mol. The number of hydrogen-bond donors (Lipinski definition) is 2. The molecule has 122 valence electrons. The van der Waals surface area contributed by atoms with Crippen molar-refractivity contribution in [3.63, 3.8) is 0 Å². The minimum atomic E-state index is -0.951. The number of rotatable bonds is 7. The number of aliphatic carboxylic acids is 1. The van der Waals surface area contributed by atoms with Gasteiger partial charge in [-0.05, 0) is 28.7 Å². The first-order valence-electron chi connectivity index (χ1n) is 6.92. The van der Waals surface area contributed by atoms with E-state index in [1.807, 2.05) is 46.9 Å². The van der Waals surface area contributed by atoms with Gasteiger partial charge in [-0.2, -0.15) is 0 Å². The lowest BCUT2D eigenvalue weighted by Gasteiger charge is -2.18. The van der Waals surface area contributed by atoms with Crippen LogP contribution in [0.2, 0.25) is 0 Å². The maximum absolute atomic E-state index is 10.9. The minimum Gasteiger partial charge on any atom is -0.496 e. The molecular formula is C15H19IO6. The van der Waals surface area contributed by atoms with E-state index in [0.717, 1.165) is 11.3 Å². The molecule has 7 heteroatoms. The van der Waals surface area contributed by atoms with Crippen LogP contribution in [0.3, 0.4) is 0 Å². The lowest BCUT2D eigenvalue weighted by molar-refractivity contribution is -0.139. The molecule has 0 saturated carbocycles. The summed E-state index contributed by atoms with van der Waals surface area (Å²) >= 11 is 1.97. The summed E-state index contributed by atoms with van der Waals surface area (Å²) in [5.41, 5.74) is 0.907. The lowest BCUT2D eigenvalue weighted by Crippen LogP contribution is -2.30. The van der Waals surface area contributed by atoms with Gasteiger partial charge >= 0.3 is 5.97 Å². The van der Waals surface area contributed by atoms with Crippen LogP contribution in [0.25, 0.3) is 0 Å². The van der Waals surface area contributed by atoms with E-state index in [2.05, 4.69) is 0 Å².